The monoisotopic (exact) mass is 488 g/mol. The van der Waals surface area contributed by atoms with Crippen molar-refractivity contribution in [1.29, 1.82) is 0 Å². The number of para-hydroxylation sites is 1. The van der Waals surface area contributed by atoms with Crippen LogP contribution < -0.4 is 4.90 Å². The van der Waals surface area contributed by atoms with Crippen LogP contribution in [-0.2, 0) is 19.1 Å². The fourth-order valence-corrected chi connectivity index (χ4v) is 3.67. The van der Waals surface area contributed by atoms with Gasteiger partial charge in [-0.1, -0.05) is 30.3 Å². The van der Waals surface area contributed by atoms with E-state index in [1.807, 2.05) is 0 Å². The Hall–Kier alpha value is -4.50. The molecule has 1 aliphatic rings. The van der Waals surface area contributed by atoms with Crippen LogP contribution in [0.15, 0.2) is 76.7 Å². The molecule has 0 spiro atoms. The van der Waals surface area contributed by atoms with E-state index >= 15 is 0 Å². The molecule has 9 nitrogen and oxygen atoms in total. The second-order valence-electron chi connectivity index (χ2n) is 7.77. The lowest BCUT2D eigenvalue weighted by Gasteiger charge is -2.33. The third kappa shape index (κ3) is 4.96. The fraction of sp³-hybridized carbons (Fsp3) is 0.185. The number of carbonyl (C=O) groups excluding carboxylic acids is 4. The summed E-state index contributed by atoms with van der Waals surface area (Å²) in [6, 6.07) is 17.6. The van der Waals surface area contributed by atoms with Gasteiger partial charge in [0.25, 0.3) is 11.8 Å². The number of carbonyl (C=O) groups is 4. The van der Waals surface area contributed by atoms with E-state index in [2.05, 4.69) is 0 Å². The molecule has 1 saturated heterocycles. The number of methoxy groups -OCH3 is 1. The first kappa shape index (κ1) is 24.6. The molecule has 1 aromatic heterocycles. The van der Waals surface area contributed by atoms with Crippen molar-refractivity contribution < 1.29 is 33.1 Å². The second kappa shape index (κ2) is 10.8. The van der Waals surface area contributed by atoms with E-state index in [4.69, 9.17) is 13.9 Å². The maximum Gasteiger partial charge on any atom is 0.338 e. The molecule has 4 rings (SSSR count). The van der Waals surface area contributed by atoms with E-state index < -0.39 is 23.8 Å². The summed E-state index contributed by atoms with van der Waals surface area (Å²) >= 11 is 0. The van der Waals surface area contributed by atoms with Gasteiger partial charge in [-0.25, -0.2) is 14.5 Å². The number of esters is 1. The Morgan fingerprint density at radius 3 is 2.33 bits per heavy atom. The largest absolute Gasteiger partial charge is 0.462 e. The van der Waals surface area contributed by atoms with Gasteiger partial charge in [-0.05, 0) is 49.4 Å². The van der Waals surface area contributed by atoms with Gasteiger partial charge in [0.1, 0.15) is 17.1 Å². The normalized spacial score (nSPS) is 15.1. The number of hydrogen-bond donors (Lipinski definition) is 0. The number of imide groups is 2. The number of ether oxygens (including phenoxy) is 2. The van der Waals surface area contributed by atoms with Gasteiger partial charge in [-0.15, -0.1) is 0 Å². The molecule has 2 heterocycles. The van der Waals surface area contributed by atoms with Crippen molar-refractivity contribution >= 4 is 35.6 Å². The highest BCUT2D eigenvalue weighted by Gasteiger charge is 2.42. The van der Waals surface area contributed by atoms with Crippen LogP contribution in [0, 0.1) is 0 Å². The van der Waals surface area contributed by atoms with Crippen molar-refractivity contribution in [3.8, 4) is 11.3 Å². The molecule has 184 valence electrons. The van der Waals surface area contributed by atoms with Gasteiger partial charge in [0.05, 0.1) is 31.0 Å². The number of barbiturate groups is 1. The molecule has 0 bridgehead atoms. The molecule has 0 radical (unpaired) electrons. The van der Waals surface area contributed by atoms with Crippen molar-refractivity contribution in [2.24, 2.45) is 0 Å². The standard InChI is InChI=1S/C27H24N2O7/c1-3-35-26(32)19-11-9-18(10-12-19)23-14-13-21(36-23)17-22-24(30)28(15-16-34-2)27(33)29(25(22)31)20-7-5-4-6-8-20/h4-14,17H,3,15-16H2,1-2H3/b22-17-. The van der Waals surface area contributed by atoms with Crippen LogP contribution in [0.4, 0.5) is 10.5 Å². The Morgan fingerprint density at radius 2 is 1.67 bits per heavy atom. The fourth-order valence-electron chi connectivity index (χ4n) is 3.67. The number of benzene rings is 2. The number of rotatable bonds is 8. The molecule has 0 atom stereocenters. The average Bonchev–Trinajstić information content (AvgIpc) is 3.36. The molecule has 0 N–H and O–H groups in total. The van der Waals surface area contributed by atoms with Crippen molar-refractivity contribution in [2.45, 2.75) is 6.92 Å². The van der Waals surface area contributed by atoms with Gasteiger partial charge >= 0.3 is 12.0 Å². The zero-order valence-electron chi connectivity index (χ0n) is 19.8. The second-order valence-corrected chi connectivity index (χ2v) is 7.77. The summed E-state index contributed by atoms with van der Waals surface area (Å²) < 4.78 is 15.9. The molecule has 1 aliphatic heterocycles. The molecular formula is C27H24N2O7. The number of furan rings is 1. The van der Waals surface area contributed by atoms with Gasteiger partial charge in [0.2, 0.25) is 0 Å². The summed E-state index contributed by atoms with van der Waals surface area (Å²) in [5.74, 6) is -1.17. The quantitative estimate of drug-likeness (QED) is 0.266. The Morgan fingerprint density at radius 1 is 0.944 bits per heavy atom. The minimum atomic E-state index is -0.749. The number of urea groups is 1. The highest BCUT2D eigenvalue weighted by Crippen LogP contribution is 2.28. The Bertz CT molecular complexity index is 1310. The van der Waals surface area contributed by atoms with Crippen molar-refractivity contribution in [1.82, 2.24) is 4.90 Å². The molecule has 3 aromatic rings. The molecular weight excluding hydrogens is 464 g/mol. The van der Waals surface area contributed by atoms with Gasteiger partial charge in [-0.3, -0.25) is 14.5 Å². The minimum Gasteiger partial charge on any atom is -0.462 e. The number of nitrogens with zero attached hydrogens (tertiary/aromatic N) is 2. The summed E-state index contributed by atoms with van der Waals surface area (Å²) in [7, 11) is 1.46. The number of anilines is 1. The van der Waals surface area contributed by atoms with E-state index in [0.29, 0.717) is 22.6 Å². The summed E-state index contributed by atoms with van der Waals surface area (Å²) in [6.45, 7) is 2.12. The maximum atomic E-state index is 13.3. The van der Waals surface area contributed by atoms with Crippen LogP contribution in [0.5, 0.6) is 0 Å². The van der Waals surface area contributed by atoms with Crippen LogP contribution >= 0.6 is 0 Å². The summed E-state index contributed by atoms with van der Waals surface area (Å²) in [6.07, 6.45) is 1.32. The maximum absolute atomic E-state index is 13.3. The van der Waals surface area contributed by atoms with Crippen LogP contribution in [-0.4, -0.2) is 55.6 Å². The van der Waals surface area contributed by atoms with Crippen LogP contribution in [0.3, 0.4) is 0 Å². The molecule has 9 heteroatoms. The van der Waals surface area contributed by atoms with Gasteiger partial charge < -0.3 is 13.9 Å². The zero-order chi connectivity index (χ0) is 25.7. The Kier molecular flexibility index (Phi) is 7.41. The van der Waals surface area contributed by atoms with E-state index in [9.17, 15) is 19.2 Å². The lowest BCUT2D eigenvalue weighted by Crippen LogP contribution is -2.57. The first-order valence-electron chi connectivity index (χ1n) is 11.3. The Labute approximate surface area is 207 Å². The molecule has 1 fully saturated rings. The number of amides is 4. The average molecular weight is 488 g/mol. The first-order valence-corrected chi connectivity index (χ1v) is 11.3. The van der Waals surface area contributed by atoms with Crippen LogP contribution in [0.1, 0.15) is 23.0 Å². The Balaban J connectivity index is 1.65. The molecule has 36 heavy (non-hydrogen) atoms. The molecule has 2 aromatic carbocycles. The smallest absolute Gasteiger partial charge is 0.338 e. The van der Waals surface area contributed by atoms with Crippen molar-refractivity contribution in [3.63, 3.8) is 0 Å². The molecule has 4 amide bonds. The third-order valence-electron chi connectivity index (χ3n) is 5.46. The zero-order valence-corrected chi connectivity index (χ0v) is 19.8. The van der Waals surface area contributed by atoms with E-state index in [-0.39, 0.29) is 31.1 Å². The van der Waals surface area contributed by atoms with Crippen molar-refractivity contribution in [3.05, 3.63) is 83.6 Å². The predicted molar refractivity (Wildman–Crippen MR) is 131 cm³/mol. The van der Waals surface area contributed by atoms with Gasteiger partial charge in [-0.2, -0.15) is 0 Å². The van der Waals surface area contributed by atoms with Gasteiger partial charge in [0.15, 0.2) is 0 Å². The highest BCUT2D eigenvalue weighted by molar-refractivity contribution is 6.39. The lowest BCUT2D eigenvalue weighted by molar-refractivity contribution is -0.129. The predicted octanol–water partition coefficient (Wildman–Crippen LogP) is 4.15. The number of hydrogen-bond acceptors (Lipinski definition) is 7. The van der Waals surface area contributed by atoms with E-state index in [0.717, 1.165) is 9.80 Å². The topological polar surface area (TPSA) is 106 Å². The minimum absolute atomic E-state index is 0.0155. The van der Waals surface area contributed by atoms with E-state index in [1.165, 1.54) is 13.2 Å². The first-order chi connectivity index (χ1) is 17.4. The van der Waals surface area contributed by atoms with E-state index in [1.54, 1.807) is 73.7 Å². The summed E-state index contributed by atoms with van der Waals surface area (Å²) in [5, 5.41) is 0. The molecule has 0 saturated carbocycles. The lowest BCUT2D eigenvalue weighted by atomic mass is 10.1. The summed E-state index contributed by atoms with van der Waals surface area (Å²) in [4.78, 5) is 53.2. The highest BCUT2D eigenvalue weighted by atomic mass is 16.5. The molecule has 0 unspecified atom stereocenters. The SMILES string of the molecule is CCOC(=O)c1ccc(-c2ccc(/C=C3/C(=O)N(CCOC)C(=O)N(c4ccccc4)C3=O)o2)cc1. The van der Waals surface area contributed by atoms with Crippen LogP contribution in [0.2, 0.25) is 0 Å². The summed E-state index contributed by atoms with van der Waals surface area (Å²) in [5.41, 5.74) is 1.23. The third-order valence-corrected chi connectivity index (χ3v) is 5.46. The van der Waals surface area contributed by atoms with Crippen LogP contribution in [0.25, 0.3) is 17.4 Å². The van der Waals surface area contributed by atoms with Crippen molar-refractivity contribution in [2.75, 3.05) is 31.8 Å². The van der Waals surface area contributed by atoms with Gasteiger partial charge in [0, 0.05) is 12.7 Å². The molecule has 0 aliphatic carbocycles.